The first-order valence-electron chi connectivity index (χ1n) is 5.40. The lowest BCUT2D eigenvalue weighted by molar-refractivity contribution is -0.384. The van der Waals surface area contributed by atoms with Gasteiger partial charge in [-0.25, -0.2) is 0 Å². The van der Waals surface area contributed by atoms with Gasteiger partial charge in [0.15, 0.2) is 0 Å². The van der Waals surface area contributed by atoms with Crippen molar-refractivity contribution in [2.75, 3.05) is 0 Å². The van der Waals surface area contributed by atoms with Crippen LogP contribution in [0, 0.1) is 16.0 Å². The molecule has 0 aromatic heterocycles. The van der Waals surface area contributed by atoms with E-state index in [0.29, 0.717) is 6.42 Å². The zero-order chi connectivity index (χ0) is 11.7. The Hall–Kier alpha value is -1.71. The van der Waals surface area contributed by atoms with Gasteiger partial charge in [0.25, 0.3) is 5.69 Å². The molecule has 2 unspecified atom stereocenters. The highest BCUT2D eigenvalue weighted by atomic mass is 16.6. The lowest BCUT2D eigenvalue weighted by atomic mass is 9.68. The molecule has 0 spiro atoms. The number of ketones is 1. The number of Topliss-reactive ketones (excluding diaryl/α,β-unsaturated/α-hetero) is 1. The average Bonchev–Trinajstić information content (AvgIpc) is 2.26. The Morgan fingerprint density at radius 3 is 2.81 bits per heavy atom. The minimum Gasteiger partial charge on any atom is -0.299 e. The fraction of sp³-hybridized carbons (Fsp3) is 0.417. The van der Waals surface area contributed by atoms with Crippen LogP contribution in [0.15, 0.2) is 24.3 Å². The number of hydrogen-bond donors (Lipinski definition) is 0. The molecule has 1 aliphatic rings. The Morgan fingerprint density at radius 2 is 2.25 bits per heavy atom. The van der Waals surface area contributed by atoms with Crippen LogP contribution in [0.3, 0.4) is 0 Å². The largest absolute Gasteiger partial charge is 0.299 e. The van der Waals surface area contributed by atoms with E-state index in [4.69, 9.17) is 0 Å². The molecule has 2 atom stereocenters. The number of non-ortho nitro benzene ring substituents is 1. The molecule has 0 bridgehead atoms. The second kappa shape index (κ2) is 4.04. The molecule has 4 heteroatoms. The smallest absolute Gasteiger partial charge is 0.269 e. The van der Waals surface area contributed by atoms with Gasteiger partial charge in [0.1, 0.15) is 5.78 Å². The maximum atomic E-state index is 11.3. The van der Waals surface area contributed by atoms with Crippen LogP contribution in [0.2, 0.25) is 0 Å². The van der Waals surface area contributed by atoms with E-state index in [2.05, 4.69) is 0 Å². The normalized spacial score (nSPS) is 23.9. The molecule has 1 fully saturated rings. The van der Waals surface area contributed by atoms with E-state index in [1.165, 1.54) is 6.07 Å². The summed E-state index contributed by atoms with van der Waals surface area (Å²) in [4.78, 5) is 21.6. The summed E-state index contributed by atoms with van der Waals surface area (Å²) in [5, 5.41) is 10.6. The van der Waals surface area contributed by atoms with Crippen LogP contribution in [0.4, 0.5) is 5.69 Å². The zero-order valence-corrected chi connectivity index (χ0v) is 9.05. The number of hydrogen-bond acceptors (Lipinski definition) is 3. The van der Waals surface area contributed by atoms with Crippen molar-refractivity contribution in [3.05, 3.63) is 39.9 Å². The monoisotopic (exact) mass is 219 g/mol. The lowest BCUT2D eigenvalue weighted by Crippen LogP contribution is -2.34. The van der Waals surface area contributed by atoms with Crippen molar-refractivity contribution in [1.29, 1.82) is 0 Å². The third-order valence-electron chi connectivity index (χ3n) is 3.27. The highest BCUT2D eigenvalue weighted by Crippen LogP contribution is 2.42. The number of nitro groups is 1. The van der Waals surface area contributed by atoms with Gasteiger partial charge in [0.2, 0.25) is 0 Å². The molecule has 0 aliphatic heterocycles. The first-order chi connectivity index (χ1) is 7.63. The van der Waals surface area contributed by atoms with E-state index >= 15 is 0 Å². The van der Waals surface area contributed by atoms with E-state index in [1.807, 2.05) is 13.0 Å². The first-order valence-corrected chi connectivity index (χ1v) is 5.40. The number of carbonyl (C=O) groups is 1. The summed E-state index contributed by atoms with van der Waals surface area (Å²) in [5.74, 6) is 0.512. The molecule has 1 aromatic carbocycles. The summed E-state index contributed by atoms with van der Waals surface area (Å²) in [6.45, 7) is 1.98. The number of carbonyl (C=O) groups excluding carboxylic acids is 1. The second-order valence-electron chi connectivity index (χ2n) is 4.14. The van der Waals surface area contributed by atoms with E-state index in [0.717, 1.165) is 12.0 Å². The van der Waals surface area contributed by atoms with Crippen molar-refractivity contribution >= 4 is 11.5 Å². The molecule has 0 N–H and O–H groups in total. The van der Waals surface area contributed by atoms with Crippen LogP contribution in [-0.2, 0) is 4.79 Å². The molecule has 0 amide bonds. The van der Waals surface area contributed by atoms with Gasteiger partial charge in [-0.1, -0.05) is 19.1 Å². The maximum absolute atomic E-state index is 11.3. The minimum absolute atomic E-state index is 0.0574. The number of rotatable bonds is 3. The highest BCUT2D eigenvalue weighted by molar-refractivity contribution is 5.89. The van der Waals surface area contributed by atoms with E-state index in [-0.39, 0.29) is 23.3 Å². The molecule has 1 aromatic rings. The van der Waals surface area contributed by atoms with Crippen molar-refractivity contribution in [1.82, 2.24) is 0 Å². The molecule has 2 rings (SSSR count). The molecule has 0 radical (unpaired) electrons. The minimum atomic E-state index is -0.398. The van der Waals surface area contributed by atoms with Crippen molar-refractivity contribution in [2.24, 2.45) is 5.92 Å². The van der Waals surface area contributed by atoms with Crippen LogP contribution in [0.5, 0.6) is 0 Å². The number of nitrogens with zero attached hydrogens (tertiary/aromatic N) is 1. The zero-order valence-electron chi connectivity index (χ0n) is 9.05. The van der Waals surface area contributed by atoms with E-state index < -0.39 is 4.92 Å². The number of benzene rings is 1. The molecule has 1 saturated carbocycles. The van der Waals surface area contributed by atoms with E-state index in [9.17, 15) is 14.9 Å². The third kappa shape index (κ3) is 1.71. The summed E-state index contributed by atoms with van der Waals surface area (Å²) >= 11 is 0. The molecular weight excluding hydrogens is 206 g/mol. The first kappa shape index (κ1) is 10.8. The van der Waals surface area contributed by atoms with Gasteiger partial charge >= 0.3 is 0 Å². The Kier molecular flexibility index (Phi) is 2.73. The van der Waals surface area contributed by atoms with Crippen LogP contribution < -0.4 is 0 Å². The fourth-order valence-electron chi connectivity index (χ4n) is 2.31. The Labute approximate surface area is 93.4 Å². The van der Waals surface area contributed by atoms with Crippen molar-refractivity contribution in [3.63, 3.8) is 0 Å². The lowest BCUT2D eigenvalue weighted by Gasteiger charge is -2.34. The summed E-state index contributed by atoms with van der Waals surface area (Å²) in [5.41, 5.74) is 1.02. The predicted octanol–water partition coefficient (Wildman–Crippen LogP) is 2.68. The van der Waals surface area contributed by atoms with Crippen LogP contribution in [0.1, 0.15) is 31.2 Å². The van der Waals surface area contributed by atoms with Crippen LogP contribution in [-0.4, -0.2) is 10.7 Å². The van der Waals surface area contributed by atoms with Gasteiger partial charge in [-0.3, -0.25) is 14.9 Å². The topological polar surface area (TPSA) is 60.2 Å². The van der Waals surface area contributed by atoms with Crippen LogP contribution >= 0.6 is 0 Å². The summed E-state index contributed by atoms with van der Waals surface area (Å²) < 4.78 is 0. The second-order valence-corrected chi connectivity index (χ2v) is 4.14. The summed E-state index contributed by atoms with van der Waals surface area (Å²) in [6.07, 6.45) is 1.34. The Balaban J connectivity index is 2.25. The predicted molar refractivity (Wildman–Crippen MR) is 59.2 cm³/mol. The van der Waals surface area contributed by atoms with Crippen molar-refractivity contribution in [3.8, 4) is 0 Å². The standard InChI is InChI=1S/C12H13NO3/c1-2-10-11(7-12(10)14)8-4-3-5-9(6-8)13(15)16/h3-6,10-11H,2,7H2,1H3. The van der Waals surface area contributed by atoms with Gasteiger partial charge < -0.3 is 0 Å². The molecule has 4 nitrogen and oxygen atoms in total. The molecule has 0 heterocycles. The van der Waals surface area contributed by atoms with Gasteiger partial charge in [-0.2, -0.15) is 0 Å². The Bertz CT molecular complexity index is 442. The molecule has 0 saturated heterocycles. The van der Waals surface area contributed by atoms with Crippen LogP contribution in [0.25, 0.3) is 0 Å². The summed E-state index contributed by atoms with van der Waals surface area (Å²) in [6, 6.07) is 6.61. The maximum Gasteiger partial charge on any atom is 0.269 e. The average molecular weight is 219 g/mol. The third-order valence-corrected chi connectivity index (χ3v) is 3.27. The Morgan fingerprint density at radius 1 is 1.50 bits per heavy atom. The number of nitro benzene ring substituents is 1. The van der Waals surface area contributed by atoms with Gasteiger partial charge in [-0.15, -0.1) is 0 Å². The fourth-order valence-corrected chi connectivity index (χ4v) is 2.31. The molecule has 16 heavy (non-hydrogen) atoms. The summed E-state index contributed by atoms with van der Waals surface area (Å²) in [7, 11) is 0. The highest BCUT2D eigenvalue weighted by Gasteiger charge is 2.39. The van der Waals surface area contributed by atoms with Gasteiger partial charge in [0, 0.05) is 30.4 Å². The van der Waals surface area contributed by atoms with Crippen molar-refractivity contribution in [2.45, 2.75) is 25.7 Å². The molecule has 1 aliphatic carbocycles. The SMILES string of the molecule is CCC1C(=O)CC1c1cccc([N+](=O)[O-])c1. The molecule has 84 valence electrons. The van der Waals surface area contributed by atoms with E-state index in [1.54, 1.807) is 12.1 Å². The quantitative estimate of drug-likeness (QED) is 0.580. The van der Waals surface area contributed by atoms with Gasteiger partial charge in [0.05, 0.1) is 4.92 Å². The molecular formula is C12H13NO3. The van der Waals surface area contributed by atoms with Gasteiger partial charge in [-0.05, 0) is 12.0 Å². The van der Waals surface area contributed by atoms with Crippen molar-refractivity contribution < 1.29 is 9.72 Å².